The van der Waals surface area contributed by atoms with Gasteiger partial charge in [-0.15, -0.1) is 0 Å². The average molecular weight is 400 g/mol. The molecule has 0 spiro atoms. The Hall–Kier alpha value is -2.12. The molecular weight excluding hydrogens is 366 g/mol. The second kappa shape index (κ2) is 10.1. The molecule has 7 nitrogen and oxygen atoms in total. The molecular formula is C22H33N5O2. The van der Waals surface area contributed by atoms with Crippen LogP contribution in [0.3, 0.4) is 0 Å². The fourth-order valence-electron chi connectivity index (χ4n) is 4.16. The fourth-order valence-corrected chi connectivity index (χ4v) is 4.16. The van der Waals surface area contributed by atoms with Gasteiger partial charge in [0.25, 0.3) is 0 Å². The van der Waals surface area contributed by atoms with E-state index < -0.39 is 0 Å². The minimum atomic E-state index is 0.302. The zero-order valence-electron chi connectivity index (χ0n) is 17.4. The van der Waals surface area contributed by atoms with Crippen molar-refractivity contribution in [2.24, 2.45) is 4.99 Å². The van der Waals surface area contributed by atoms with Gasteiger partial charge in [0.05, 0.1) is 24.5 Å². The third-order valence-electron chi connectivity index (χ3n) is 5.82. The first-order valence-electron chi connectivity index (χ1n) is 10.9. The van der Waals surface area contributed by atoms with Gasteiger partial charge in [0.1, 0.15) is 5.65 Å². The summed E-state index contributed by atoms with van der Waals surface area (Å²) in [4.78, 5) is 11.5. The number of hydrogen-bond donors (Lipinski definition) is 1. The molecule has 0 radical (unpaired) electrons. The molecule has 4 rings (SSSR count). The molecule has 1 atom stereocenters. The van der Waals surface area contributed by atoms with E-state index in [4.69, 9.17) is 9.47 Å². The number of ether oxygens (including phenoxy) is 2. The summed E-state index contributed by atoms with van der Waals surface area (Å²) in [6.07, 6.45) is 11.3. The average Bonchev–Trinajstić information content (AvgIpc) is 3.19. The number of aliphatic imine (C=N–C) groups is 1. The van der Waals surface area contributed by atoms with Crippen LogP contribution in [0.1, 0.15) is 37.8 Å². The molecule has 7 heteroatoms. The number of likely N-dealkylation sites (tertiary alicyclic amines) is 1. The number of nitrogens with zero attached hydrogens (tertiary/aromatic N) is 4. The van der Waals surface area contributed by atoms with Crippen LogP contribution in [0, 0.1) is 0 Å². The summed E-state index contributed by atoms with van der Waals surface area (Å²) in [7, 11) is 1.86. The van der Waals surface area contributed by atoms with Crippen molar-refractivity contribution in [2.75, 3.05) is 39.9 Å². The predicted molar refractivity (Wildman–Crippen MR) is 114 cm³/mol. The number of nitrogens with one attached hydrogen (secondary N) is 1. The summed E-state index contributed by atoms with van der Waals surface area (Å²) in [5, 5.41) is 3.50. The van der Waals surface area contributed by atoms with Gasteiger partial charge in [0, 0.05) is 52.1 Å². The summed E-state index contributed by atoms with van der Waals surface area (Å²) in [5.41, 5.74) is 2.09. The van der Waals surface area contributed by atoms with Gasteiger partial charge < -0.3 is 24.1 Å². The van der Waals surface area contributed by atoms with Crippen molar-refractivity contribution in [3.05, 3.63) is 36.3 Å². The largest absolute Gasteiger partial charge is 0.376 e. The van der Waals surface area contributed by atoms with Crippen LogP contribution in [-0.2, 0) is 15.9 Å². The van der Waals surface area contributed by atoms with Gasteiger partial charge in [-0.3, -0.25) is 4.99 Å². The highest BCUT2D eigenvalue weighted by molar-refractivity contribution is 5.79. The maximum absolute atomic E-state index is 6.13. The number of guanidine groups is 1. The Balaban J connectivity index is 1.18. The summed E-state index contributed by atoms with van der Waals surface area (Å²) in [6, 6.07) is 6.07. The number of pyridine rings is 1. The first-order chi connectivity index (χ1) is 14.3. The summed E-state index contributed by atoms with van der Waals surface area (Å²) < 4.78 is 14.0. The monoisotopic (exact) mass is 399 g/mol. The van der Waals surface area contributed by atoms with Crippen LogP contribution >= 0.6 is 0 Å². The van der Waals surface area contributed by atoms with E-state index in [1.807, 2.05) is 31.4 Å². The van der Waals surface area contributed by atoms with Crippen LogP contribution in [-0.4, -0.2) is 72.3 Å². The number of imidazole rings is 1. The van der Waals surface area contributed by atoms with Gasteiger partial charge in [-0.1, -0.05) is 6.07 Å². The molecule has 2 aliphatic rings. The lowest BCUT2D eigenvalue weighted by Crippen LogP contribution is -2.47. The van der Waals surface area contributed by atoms with Crippen LogP contribution in [0.4, 0.5) is 0 Å². The second-order valence-corrected chi connectivity index (χ2v) is 7.93. The normalized spacial score (nSPS) is 21.6. The molecule has 29 heavy (non-hydrogen) atoms. The minimum absolute atomic E-state index is 0.302. The lowest BCUT2D eigenvalue weighted by Gasteiger charge is -2.35. The lowest BCUT2D eigenvalue weighted by atomic mass is 10.1. The summed E-state index contributed by atoms with van der Waals surface area (Å²) in [5.74, 6) is 0.975. The van der Waals surface area contributed by atoms with Crippen LogP contribution in [0.15, 0.2) is 35.6 Å². The van der Waals surface area contributed by atoms with Crippen molar-refractivity contribution in [3.8, 4) is 0 Å². The Morgan fingerprint density at radius 3 is 2.93 bits per heavy atom. The molecule has 2 fully saturated rings. The molecule has 0 aliphatic carbocycles. The van der Waals surface area contributed by atoms with Gasteiger partial charge in [0.15, 0.2) is 5.96 Å². The highest BCUT2D eigenvalue weighted by atomic mass is 16.5. The number of hydrogen-bond acceptors (Lipinski definition) is 4. The quantitative estimate of drug-likeness (QED) is 0.597. The first-order valence-corrected chi connectivity index (χ1v) is 10.9. The van der Waals surface area contributed by atoms with E-state index in [1.165, 1.54) is 12.8 Å². The van der Waals surface area contributed by atoms with E-state index in [0.717, 1.165) is 75.8 Å². The molecule has 0 aromatic carbocycles. The van der Waals surface area contributed by atoms with Gasteiger partial charge in [0.2, 0.25) is 0 Å². The van der Waals surface area contributed by atoms with E-state index >= 15 is 0 Å². The maximum Gasteiger partial charge on any atom is 0.193 e. The van der Waals surface area contributed by atoms with Crippen molar-refractivity contribution < 1.29 is 9.47 Å². The predicted octanol–water partition coefficient (Wildman–Crippen LogP) is 2.50. The zero-order valence-corrected chi connectivity index (χ0v) is 17.4. The van der Waals surface area contributed by atoms with Crippen LogP contribution in [0.25, 0.3) is 5.65 Å². The fraction of sp³-hybridized carbons (Fsp3) is 0.636. The molecule has 4 heterocycles. The minimum Gasteiger partial charge on any atom is -0.376 e. The Kier molecular flexibility index (Phi) is 7.00. The molecule has 2 saturated heterocycles. The zero-order chi connectivity index (χ0) is 19.9. The topological polar surface area (TPSA) is 63.4 Å². The van der Waals surface area contributed by atoms with Gasteiger partial charge in [-0.2, -0.15) is 0 Å². The molecule has 0 bridgehead atoms. The third kappa shape index (κ3) is 5.48. The first kappa shape index (κ1) is 20.2. The van der Waals surface area contributed by atoms with Crippen molar-refractivity contribution in [1.82, 2.24) is 19.6 Å². The van der Waals surface area contributed by atoms with Gasteiger partial charge in [-0.05, 0) is 44.2 Å². The Labute approximate surface area is 173 Å². The lowest BCUT2D eigenvalue weighted by molar-refractivity contribution is -0.0721. The van der Waals surface area contributed by atoms with E-state index in [1.54, 1.807) is 0 Å². The highest BCUT2D eigenvalue weighted by Gasteiger charge is 2.23. The molecule has 2 aliphatic heterocycles. The van der Waals surface area contributed by atoms with Gasteiger partial charge in [-0.25, -0.2) is 4.98 Å². The van der Waals surface area contributed by atoms with E-state index in [-0.39, 0.29) is 0 Å². The molecule has 1 N–H and O–H groups in total. The Bertz CT molecular complexity index is 758. The van der Waals surface area contributed by atoms with Gasteiger partial charge >= 0.3 is 0 Å². The van der Waals surface area contributed by atoms with E-state index in [0.29, 0.717) is 12.2 Å². The van der Waals surface area contributed by atoms with Crippen LogP contribution in [0.5, 0.6) is 0 Å². The van der Waals surface area contributed by atoms with E-state index in [9.17, 15) is 0 Å². The van der Waals surface area contributed by atoms with Crippen LogP contribution in [0.2, 0.25) is 0 Å². The molecule has 158 valence electrons. The Morgan fingerprint density at radius 2 is 2.17 bits per heavy atom. The molecule has 1 unspecified atom stereocenters. The van der Waals surface area contributed by atoms with Crippen molar-refractivity contribution in [3.63, 3.8) is 0 Å². The maximum atomic E-state index is 6.13. The van der Waals surface area contributed by atoms with Crippen LogP contribution < -0.4 is 5.32 Å². The van der Waals surface area contributed by atoms with Crippen molar-refractivity contribution in [2.45, 2.75) is 50.7 Å². The standard InChI is InChI=1S/C22H33N5O2/c1-23-22(24-11-8-18-16-27-12-4-2-7-21(27)25-18)26-13-9-19(10-14-26)29-17-20-6-3-5-15-28-20/h2,4,7,12,16,19-20H,3,5-6,8-11,13-15,17H2,1H3,(H,23,24). The SMILES string of the molecule is CN=C(NCCc1cn2ccccc2n1)N1CCC(OCC2CCCCO2)CC1. The molecule has 2 aromatic rings. The number of rotatable bonds is 6. The Morgan fingerprint density at radius 1 is 1.28 bits per heavy atom. The smallest absolute Gasteiger partial charge is 0.193 e. The number of fused-ring (bicyclic) bond motifs is 1. The van der Waals surface area contributed by atoms with Crippen molar-refractivity contribution in [1.29, 1.82) is 0 Å². The number of piperidine rings is 1. The second-order valence-electron chi connectivity index (χ2n) is 7.93. The molecule has 0 amide bonds. The summed E-state index contributed by atoms with van der Waals surface area (Å²) in [6.45, 7) is 4.42. The molecule has 0 saturated carbocycles. The van der Waals surface area contributed by atoms with E-state index in [2.05, 4.69) is 30.8 Å². The molecule has 2 aromatic heterocycles. The summed E-state index contributed by atoms with van der Waals surface area (Å²) >= 11 is 0. The van der Waals surface area contributed by atoms with Crippen molar-refractivity contribution >= 4 is 11.6 Å². The number of aromatic nitrogens is 2. The third-order valence-corrected chi connectivity index (χ3v) is 5.82. The highest BCUT2D eigenvalue weighted by Crippen LogP contribution is 2.18.